The summed E-state index contributed by atoms with van der Waals surface area (Å²) >= 11 is 0. The molecular formula is C18H23N3O2. The Morgan fingerprint density at radius 1 is 1.43 bits per heavy atom. The predicted octanol–water partition coefficient (Wildman–Crippen LogP) is 2.33. The van der Waals surface area contributed by atoms with Crippen LogP contribution >= 0.6 is 0 Å². The number of aromatic nitrogens is 2. The summed E-state index contributed by atoms with van der Waals surface area (Å²) in [5, 5.41) is 10.1. The first-order chi connectivity index (χ1) is 11.0. The van der Waals surface area contributed by atoms with E-state index in [2.05, 4.69) is 4.98 Å². The molecule has 1 atom stereocenters. The van der Waals surface area contributed by atoms with Crippen LogP contribution in [0.25, 0.3) is 5.82 Å². The number of hydrogen-bond acceptors (Lipinski definition) is 3. The molecule has 1 N–H and O–H groups in total. The summed E-state index contributed by atoms with van der Waals surface area (Å²) in [6.07, 6.45) is 3.46. The third-order valence-electron chi connectivity index (χ3n) is 4.51. The predicted molar refractivity (Wildman–Crippen MR) is 88.7 cm³/mol. The minimum Gasteiger partial charge on any atom is -0.391 e. The number of amides is 1. The highest BCUT2D eigenvalue weighted by Crippen LogP contribution is 2.33. The smallest absolute Gasteiger partial charge is 0.255 e. The third kappa shape index (κ3) is 3.15. The minimum atomic E-state index is -0.414. The zero-order valence-corrected chi connectivity index (χ0v) is 13.9. The van der Waals surface area contributed by atoms with Crippen LogP contribution in [0.2, 0.25) is 0 Å². The van der Waals surface area contributed by atoms with Crippen LogP contribution in [0.1, 0.15) is 34.6 Å². The highest BCUT2D eigenvalue weighted by Gasteiger charge is 2.31. The van der Waals surface area contributed by atoms with Crippen molar-refractivity contribution in [3.05, 3.63) is 47.4 Å². The van der Waals surface area contributed by atoms with Crippen LogP contribution in [0.4, 0.5) is 0 Å². The summed E-state index contributed by atoms with van der Waals surface area (Å²) < 4.78 is 1.98. The fraction of sp³-hybridized carbons (Fsp3) is 0.444. The van der Waals surface area contributed by atoms with E-state index < -0.39 is 6.10 Å². The van der Waals surface area contributed by atoms with E-state index in [0.29, 0.717) is 18.0 Å². The van der Waals surface area contributed by atoms with Crippen molar-refractivity contribution in [3.8, 4) is 5.82 Å². The van der Waals surface area contributed by atoms with E-state index in [1.165, 1.54) is 0 Å². The molecule has 3 rings (SSSR count). The number of carbonyl (C=O) groups is 1. The van der Waals surface area contributed by atoms with Crippen LogP contribution in [0.3, 0.4) is 0 Å². The van der Waals surface area contributed by atoms with Gasteiger partial charge in [-0.2, -0.15) is 0 Å². The maximum absolute atomic E-state index is 12.7. The molecule has 0 bridgehead atoms. The number of rotatable bonds is 5. The van der Waals surface area contributed by atoms with Gasteiger partial charge >= 0.3 is 0 Å². The van der Waals surface area contributed by atoms with E-state index in [-0.39, 0.29) is 5.91 Å². The maximum Gasteiger partial charge on any atom is 0.255 e. The van der Waals surface area contributed by atoms with Crippen molar-refractivity contribution in [3.63, 3.8) is 0 Å². The molecule has 2 aromatic heterocycles. The van der Waals surface area contributed by atoms with Crippen LogP contribution in [0.15, 0.2) is 30.5 Å². The second-order valence-corrected chi connectivity index (χ2v) is 6.40. The molecule has 5 heteroatoms. The number of aliphatic hydroxyl groups excluding tert-OH is 1. The van der Waals surface area contributed by atoms with Crippen LogP contribution in [0.5, 0.6) is 0 Å². The van der Waals surface area contributed by atoms with E-state index in [9.17, 15) is 9.90 Å². The molecule has 0 radical (unpaired) electrons. The van der Waals surface area contributed by atoms with Gasteiger partial charge in [0.15, 0.2) is 0 Å². The van der Waals surface area contributed by atoms with Crippen molar-refractivity contribution in [2.45, 2.75) is 32.8 Å². The molecule has 0 spiro atoms. The molecule has 2 heterocycles. The van der Waals surface area contributed by atoms with Crippen molar-refractivity contribution in [1.29, 1.82) is 0 Å². The summed E-state index contributed by atoms with van der Waals surface area (Å²) in [4.78, 5) is 18.7. The third-order valence-corrected chi connectivity index (χ3v) is 4.51. The molecule has 23 heavy (non-hydrogen) atoms. The standard InChI is InChI=1S/C18H23N3O2/c1-12-10-15(13(2)21(12)17-6-4-5-9-19-17)18(23)20(3)11-16(22)14-7-8-14/h4-6,9-10,14,16,22H,7-8,11H2,1-3H3. The monoisotopic (exact) mass is 313 g/mol. The van der Waals surface area contributed by atoms with Crippen LogP contribution < -0.4 is 0 Å². The fourth-order valence-corrected chi connectivity index (χ4v) is 3.02. The molecule has 1 aliphatic rings. The summed E-state index contributed by atoms with van der Waals surface area (Å²) in [7, 11) is 1.75. The summed E-state index contributed by atoms with van der Waals surface area (Å²) in [6.45, 7) is 4.29. The Bertz CT molecular complexity index is 705. The van der Waals surface area contributed by atoms with Crippen LogP contribution in [-0.2, 0) is 0 Å². The van der Waals surface area contributed by atoms with Gasteiger partial charge in [-0.05, 0) is 50.8 Å². The SMILES string of the molecule is Cc1cc(C(=O)N(C)CC(O)C2CC2)c(C)n1-c1ccccn1. The molecular weight excluding hydrogens is 290 g/mol. The second-order valence-electron chi connectivity index (χ2n) is 6.40. The quantitative estimate of drug-likeness (QED) is 0.921. The largest absolute Gasteiger partial charge is 0.391 e. The molecule has 1 saturated carbocycles. The Morgan fingerprint density at radius 2 is 2.17 bits per heavy atom. The first-order valence-corrected chi connectivity index (χ1v) is 8.03. The van der Waals surface area contributed by atoms with Gasteiger partial charge in [0.05, 0.1) is 11.7 Å². The Kier molecular flexibility index (Phi) is 4.22. The molecule has 1 fully saturated rings. The Balaban J connectivity index is 1.84. The fourth-order valence-electron chi connectivity index (χ4n) is 3.02. The number of carbonyl (C=O) groups excluding carboxylic acids is 1. The van der Waals surface area contributed by atoms with Gasteiger partial charge in [0, 0.05) is 31.2 Å². The van der Waals surface area contributed by atoms with Gasteiger partial charge in [-0.25, -0.2) is 4.98 Å². The number of likely N-dealkylation sites (N-methyl/N-ethyl adjacent to an activating group) is 1. The summed E-state index contributed by atoms with van der Waals surface area (Å²) in [5.74, 6) is 1.12. The Hall–Kier alpha value is -2.14. The van der Waals surface area contributed by atoms with E-state index in [1.807, 2.05) is 42.7 Å². The molecule has 122 valence electrons. The highest BCUT2D eigenvalue weighted by molar-refractivity contribution is 5.95. The van der Waals surface area contributed by atoms with Gasteiger partial charge in [0.2, 0.25) is 0 Å². The van der Waals surface area contributed by atoms with Crippen molar-refractivity contribution in [2.24, 2.45) is 5.92 Å². The molecule has 0 aliphatic heterocycles. The van der Waals surface area contributed by atoms with Crippen LogP contribution in [0, 0.1) is 19.8 Å². The average Bonchev–Trinajstić information content (AvgIpc) is 3.34. The molecule has 1 aliphatic carbocycles. The van der Waals surface area contributed by atoms with Crippen molar-refractivity contribution < 1.29 is 9.90 Å². The minimum absolute atomic E-state index is 0.0556. The lowest BCUT2D eigenvalue weighted by atomic mass is 10.2. The number of aliphatic hydroxyl groups is 1. The Labute approximate surface area is 136 Å². The second kappa shape index (κ2) is 6.16. The van der Waals surface area contributed by atoms with Gasteiger partial charge in [0.1, 0.15) is 5.82 Å². The first kappa shape index (κ1) is 15.7. The lowest BCUT2D eigenvalue weighted by molar-refractivity contribution is 0.0644. The highest BCUT2D eigenvalue weighted by atomic mass is 16.3. The van der Waals surface area contributed by atoms with E-state index in [0.717, 1.165) is 30.0 Å². The average molecular weight is 313 g/mol. The first-order valence-electron chi connectivity index (χ1n) is 8.03. The molecule has 1 unspecified atom stereocenters. The molecule has 0 aromatic carbocycles. The van der Waals surface area contributed by atoms with Crippen molar-refractivity contribution >= 4 is 5.91 Å². The molecule has 5 nitrogen and oxygen atoms in total. The summed E-state index contributed by atoms with van der Waals surface area (Å²) in [6, 6.07) is 7.62. The molecule has 0 saturated heterocycles. The number of pyridine rings is 1. The van der Waals surface area contributed by atoms with Gasteiger partial charge < -0.3 is 14.6 Å². The molecule has 2 aromatic rings. The Morgan fingerprint density at radius 3 is 2.78 bits per heavy atom. The van der Waals surface area contributed by atoms with Gasteiger partial charge in [-0.1, -0.05) is 6.07 Å². The van der Waals surface area contributed by atoms with Crippen molar-refractivity contribution in [2.75, 3.05) is 13.6 Å². The topological polar surface area (TPSA) is 58.4 Å². The van der Waals surface area contributed by atoms with Gasteiger partial charge in [-0.3, -0.25) is 4.79 Å². The number of nitrogens with zero attached hydrogens (tertiary/aromatic N) is 3. The zero-order chi connectivity index (χ0) is 16.6. The van der Waals surface area contributed by atoms with Gasteiger partial charge in [0.25, 0.3) is 5.91 Å². The van der Waals surface area contributed by atoms with Gasteiger partial charge in [-0.15, -0.1) is 0 Å². The van der Waals surface area contributed by atoms with Crippen LogP contribution in [-0.4, -0.2) is 45.2 Å². The van der Waals surface area contributed by atoms with E-state index in [1.54, 1.807) is 18.1 Å². The summed E-state index contributed by atoms with van der Waals surface area (Å²) in [5.41, 5.74) is 2.51. The van der Waals surface area contributed by atoms with E-state index in [4.69, 9.17) is 0 Å². The number of aryl methyl sites for hydroxylation is 1. The zero-order valence-electron chi connectivity index (χ0n) is 13.9. The van der Waals surface area contributed by atoms with E-state index >= 15 is 0 Å². The molecule has 1 amide bonds. The maximum atomic E-state index is 12.7. The lowest BCUT2D eigenvalue weighted by Crippen LogP contribution is -2.35. The lowest BCUT2D eigenvalue weighted by Gasteiger charge is -2.20. The van der Waals surface area contributed by atoms with Crippen molar-refractivity contribution in [1.82, 2.24) is 14.5 Å². The number of hydrogen-bond donors (Lipinski definition) is 1. The normalized spacial score (nSPS) is 15.5.